The van der Waals surface area contributed by atoms with E-state index in [9.17, 15) is 9.59 Å². The second-order valence-corrected chi connectivity index (χ2v) is 4.38. The predicted molar refractivity (Wildman–Crippen MR) is 57.3 cm³/mol. The van der Waals surface area contributed by atoms with Crippen molar-refractivity contribution in [2.45, 2.75) is 37.7 Å². The molecule has 0 N–H and O–H groups in total. The second kappa shape index (κ2) is 4.62. The molecule has 2 aliphatic rings. The Bertz CT molecular complexity index is 332. The molecule has 0 radical (unpaired) electrons. The lowest BCUT2D eigenvalue weighted by Crippen LogP contribution is -2.43. The molecule has 1 amide bonds. The van der Waals surface area contributed by atoms with E-state index >= 15 is 0 Å². The zero-order valence-electron chi connectivity index (χ0n) is 10.2. The Balaban J connectivity index is 2.07. The molecule has 0 aliphatic carbocycles. The molecular weight excluding hydrogens is 226 g/mol. The Labute approximate surface area is 99.8 Å². The van der Waals surface area contributed by atoms with Gasteiger partial charge in [0.2, 0.25) is 0 Å². The number of rotatable bonds is 3. The van der Waals surface area contributed by atoms with Crippen molar-refractivity contribution in [3.63, 3.8) is 0 Å². The Hall–Kier alpha value is -1.14. The average Bonchev–Trinajstić information content (AvgIpc) is 2.91. The van der Waals surface area contributed by atoms with Crippen LogP contribution in [0.3, 0.4) is 0 Å². The van der Waals surface area contributed by atoms with Gasteiger partial charge in [0.25, 0.3) is 5.91 Å². The third-order valence-electron chi connectivity index (χ3n) is 3.31. The van der Waals surface area contributed by atoms with Gasteiger partial charge in [-0.05, 0) is 6.92 Å². The van der Waals surface area contributed by atoms with Crippen LogP contribution < -0.4 is 0 Å². The minimum atomic E-state index is -0.547. The molecule has 96 valence electrons. The molecule has 2 fully saturated rings. The van der Waals surface area contributed by atoms with Crippen molar-refractivity contribution in [1.82, 2.24) is 4.90 Å². The van der Waals surface area contributed by atoms with Gasteiger partial charge in [0.15, 0.2) is 6.10 Å². The van der Waals surface area contributed by atoms with Gasteiger partial charge in [-0.3, -0.25) is 4.79 Å². The minimum absolute atomic E-state index is 0.0533. The summed E-state index contributed by atoms with van der Waals surface area (Å²) < 4.78 is 15.0. The van der Waals surface area contributed by atoms with Crippen LogP contribution in [0.5, 0.6) is 0 Å². The molecule has 2 heterocycles. The minimum Gasteiger partial charge on any atom is -0.467 e. The summed E-state index contributed by atoms with van der Waals surface area (Å²) in [4.78, 5) is 25.2. The fraction of sp³-hybridized carbons (Fsp3) is 0.818. The summed E-state index contributed by atoms with van der Waals surface area (Å²) in [5.74, 6) is -0.543. The fourth-order valence-electron chi connectivity index (χ4n) is 2.18. The maximum atomic E-state index is 12.0. The molecule has 2 saturated heterocycles. The SMILES string of the molecule is COC(=O)[C@@H]1C[C@H](OC)CN1C(=O)[C@@H]1O[C@H]1C. The molecule has 6 heteroatoms. The zero-order chi connectivity index (χ0) is 12.6. The first-order valence-electron chi connectivity index (χ1n) is 5.65. The first-order chi connectivity index (χ1) is 8.08. The highest BCUT2D eigenvalue weighted by Crippen LogP contribution is 2.29. The van der Waals surface area contributed by atoms with Crippen LogP contribution in [0.15, 0.2) is 0 Å². The van der Waals surface area contributed by atoms with Gasteiger partial charge in [-0.15, -0.1) is 0 Å². The van der Waals surface area contributed by atoms with Crippen LogP contribution in [0.2, 0.25) is 0 Å². The van der Waals surface area contributed by atoms with E-state index in [2.05, 4.69) is 0 Å². The van der Waals surface area contributed by atoms with Crippen LogP contribution in [0, 0.1) is 0 Å². The highest BCUT2D eigenvalue weighted by molar-refractivity contribution is 5.89. The normalized spacial score (nSPS) is 35.8. The molecular formula is C11H17NO5. The number of amides is 1. The number of nitrogens with zero attached hydrogens (tertiary/aromatic N) is 1. The summed E-state index contributed by atoms with van der Waals surface area (Å²) in [6, 6.07) is -0.547. The van der Waals surface area contributed by atoms with Crippen LogP contribution in [-0.4, -0.2) is 61.9 Å². The van der Waals surface area contributed by atoms with E-state index < -0.39 is 18.1 Å². The molecule has 4 atom stereocenters. The van der Waals surface area contributed by atoms with E-state index in [1.165, 1.54) is 12.0 Å². The Morgan fingerprint density at radius 3 is 2.47 bits per heavy atom. The van der Waals surface area contributed by atoms with Gasteiger partial charge in [-0.1, -0.05) is 0 Å². The summed E-state index contributed by atoms with van der Waals surface area (Å²) in [5.41, 5.74) is 0. The largest absolute Gasteiger partial charge is 0.467 e. The van der Waals surface area contributed by atoms with Crippen LogP contribution in [0.1, 0.15) is 13.3 Å². The lowest BCUT2D eigenvalue weighted by Gasteiger charge is -2.21. The van der Waals surface area contributed by atoms with Crippen molar-refractivity contribution in [2.75, 3.05) is 20.8 Å². The van der Waals surface area contributed by atoms with Gasteiger partial charge in [-0.2, -0.15) is 0 Å². The number of methoxy groups -OCH3 is 2. The number of hydrogen-bond donors (Lipinski definition) is 0. The summed E-state index contributed by atoms with van der Waals surface area (Å²) in [6.07, 6.45) is -0.0898. The molecule has 0 spiro atoms. The topological polar surface area (TPSA) is 68.4 Å². The summed E-state index contributed by atoms with van der Waals surface area (Å²) in [6.45, 7) is 2.25. The lowest BCUT2D eigenvalue weighted by molar-refractivity contribution is -0.151. The number of hydrogen-bond acceptors (Lipinski definition) is 5. The maximum absolute atomic E-state index is 12.0. The van der Waals surface area contributed by atoms with Crippen molar-refractivity contribution in [1.29, 1.82) is 0 Å². The smallest absolute Gasteiger partial charge is 0.328 e. The molecule has 0 bridgehead atoms. The first-order valence-corrected chi connectivity index (χ1v) is 5.65. The summed E-state index contributed by atoms with van der Waals surface area (Å²) in [7, 11) is 2.89. The van der Waals surface area contributed by atoms with Crippen molar-refractivity contribution < 1.29 is 23.8 Å². The van der Waals surface area contributed by atoms with Gasteiger partial charge in [-0.25, -0.2) is 4.79 Å². The first kappa shape index (κ1) is 12.3. The number of ether oxygens (including phenoxy) is 3. The van der Waals surface area contributed by atoms with Gasteiger partial charge >= 0.3 is 5.97 Å². The standard InChI is InChI=1S/C11H17NO5/c1-6-9(17-6)10(13)12-5-7(15-2)4-8(12)11(14)16-3/h6-9H,4-5H2,1-3H3/t6-,7-,8-,9+/m0/s1. The number of esters is 1. The molecule has 2 aliphatic heterocycles. The molecule has 17 heavy (non-hydrogen) atoms. The molecule has 2 rings (SSSR count). The number of carbonyl (C=O) groups is 2. The van der Waals surface area contributed by atoms with Crippen LogP contribution in [0.25, 0.3) is 0 Å². The van der Waals surface area contributed by atoms with E-state index in [4.69, 9.17) is 14.2 Å². The molecule has 0 aromatic rings. The van der Waals surface area contributed by atoms with E-state index in [0.717, 1.165) is 0 Å². The van der Waals surface area contributed by atoms with E-state index in [-0.39, 0.29) is 18.1 Å². The highest BCUT2D eigenvalue weighted by atomic mass is 16.6. The monoisotopic (exact) mass is 243 g/mol. The molecule has 0 aromatic carbocycles. The molecule has 6 nitrogen and oxygen atoms in total. The second-order valence-electron chi connectivity index (χ2n) is 4.38. The molecule has 0 unspecified atom stereocenters. The van der Waals surface area contributed by atoms with E-state index in [0.29, 0.717) is 13.0 Å². The Kier molecular flexibility index (Phi) is 3.35. The van der Waals surface area contributed by atoms with Gasteiger partial charge in [0.1, 0.15) is 6.04 Å². The highest BCUT2D eigenvalue weighted by Gasteiger charge is 2.49. The summed E-state index contributed by atoms with van der Waals surface area (Å²) in [5, 5.41) is 0. The predicted octanol–water partition coefficient (Wildman–Crippen LogP) is -0.437. The van der Waals surface area contributed by atoms with E-state index in [1.54, 1.807) is 7.11 Å². The van der Waals surface area contributed by atoms with Crippen LogP contribution >= 0.6 is 0 Å². The van der Waals surface area contributed by atoms with Crippen molar-refractivity contribution in [3.8, 4) is 0 Å². The third kappa shape index (κ3) is 2.28. The Morgan fingerprint density at radius 1 is 1.35 bits per heavy atom. The van der Waals surface area contributed by atoms with Crippen molar-refractivity contribution in [2.24, 2.45) is 0 Å². The molecule has 0 saturated carbocycles. The number of epoxide rings is 1. The lowest BCUT2D eigenvalue weighted by atomic mass is 10.2. The van der Waals surface area contributed by atoms with Gasteiger partial charge in [0, 0.05) is 20.1 Å². The molecule has 0 aromatic heterocycles. The van der Waals surface area contributed by atoms with E-state index in [1.807, 2.05) is 6.92 Å². The Morgan fingerprint density at radius 2 is 2.00 bits per heavy atom. The van der Waals surface area contributed by atoms with Crippen LogP contribution in [0.4, 0.5) is 0 Å². The van der Waals surface area contributed by atoms with Gasteiger partial charge < -0.3 is 19.1 Å². The fourth-order valence-corrected chi connectivity index (χ4v) is 2.18. The van der Waals surface area contributed by atoms with Crippen molar-refractivity contribution >= 4 is 11.9 Å². The maximum Gasteiger partial charge on any atom is 0.328 e. The summed E-state index contributed by atoms with van der Waals surface area (Å²) >= 11 is 0. The van der Waals surface area contributed by atoms with Crippen LogP contribution in [-0.2, 0) is 23.8 Å². The van der Waals surface area contributed by atoms with Gasteiger partial charge in [0.05, 0.1) is 19.3 Å². The number of carbonyl (C=O) groups excluding carboxylic acids is 2. The quantitative estimate of drug-likeness (QED) is 0.496. The zero-order valence-corrected chi connectivity index (χ0v) is 10.2. The average molecular weight is 243 g/mol. The number of likely N-dealkylation sites (tertiary alicyclic amines) is 1. The third-order valence-corrected chi connectivity index (χ3v) is 3.31. The van der Waals surface area contributed by atoms with Crippen molar-refractivity contribution in [3.05, 3.63) is 0 Å².